The lowest BCUT2D eigenvalue weighted by Crippen LogP contribution is -2.24. The van der Waals surface area contributed by atoms with Crippen molar-refractivity contribution in [1.29, 1.82) is 0 Å². The zero-order valence-corrected chi connectivity index (χ0v) is 19.9. The summed E-state index contributed by atoms with van der Waals surface area (Å²) in [4.78, 5) is 24.5. The van der Waals surface area contributed by atoms with Gasteiger partial charge in [0.15, 0.2) is 18.1 Å². The van der Waals surface area contributed by atoms with Crippen molar-refractivity contribution in [3.63, 3.8) is 0 Å². The summed E-state index contributed by atoms with van der Waals surface area (Å²) in [5.74, 6) is 0.984. The van der Waals surface area contributed by atoms with Gasteiger partial charge in [0.1, 0.15) is 11.5 Å². The number of nitrogens with zero attached hydrogens (tertiary/aromatic N) is 1. The minimum Gasteiger partial charge on any atom is -0.494 e. The minimum atomic E-state index is -0.521. The molecule has 0 aliphatic rings. The van der Waals surface area contributed by atoms with E-state index >= 15 is 0 Å². The number of esters is 1. The first kappa shape index (κ1) is 25.3. The van der Waals surface area contributed by atoms with E-state index < -0.39 is 11.9 Å². The molecule has 0 bridgehead atoms. The smallest absolute Gasteiger partial charge is 0.343 e. The second-order valence-electron chi connectivity index (χ2n) is 7.57. The van der Waals surface area contributed by atoms with Crippen LogP contribution in [0, 0.1) is 6.92 Å². The number of rotatable bonds is 11. The molecule has 182 valence electrons. The Morgan fingerprint density at radius 2 is 1.60 bits per heavy atom. The Hall–Kier alpha value is -4.33. The second-order valence-corrected chi connectivity index (χ2v) is 7.57. The Morgan fingerprint density at radius 3 is 2.29 bits per heavy atom. The Balaban J connectivity index is 1.54. The Labute approximate surface area is 204 Å². The van der Waals surface area contributed by atoms with Gasteiger partial charge in [-0.25, -0.2) is 10.2 Å². The van der Waals surface area contributed by atoms with E-state index in [9.17, 15) is 9.59 Å². The zero-order chi connectivity index (χ0) is 25.0. The monoisotopic (exact) mass is 476 g/mol. The van der Waals surface area contributed by atoms with E-state index in [0.29, 0.717) is 35.0 Å². The van der Waals surface area contributed by atoms with Crippen molar-refractivity contribution in [3.8, 4) is 23.0 Å². The van der Waals surface area contributed by atoms with Crippen molar-refractivity contribution in [2.24, 2.45) is 5.10 Å². The van der Waals surface area contributed by atoms with Gasteiger partial charge in [0.2, 0.25) is 0 Å². The van der Waals surface area contributed by atoms with Crippen LogP contribution in [0.25, 0.3) is 0 Å². The molecule has 35 heavy (non-hydrogen) atoms. The topological polar surface area (TPSA) is 95.5 Å². The maximum absolute atomic E-state index is 12.5. The largest absolute Gasteiger partial charge is 0.494 e. The molecule has 3 rings (SSSR count). The quantitative estimate of drug-likeness (QED) is 0.189. The highest BCUT2D eigenvalue weighted by Gasteiger charge is 2.13. The van der Waals surface area contributed by atoms with Crippen LogP contribution in [0.1, 0.15) is 34.8 Å². The molecule has 0 aliphatic heterocycles. The molecule has 8 nitrogen and oxygen atoms in total. The average molecular weight is 477 g/mol. The van der Waals surface area contributed by atoms with E-state index in [1.807, 2.05) is 26.0 Å². The van der Waals surface area contributed by atoms with Gasteiger partial charge in [0, 0.05) is 0 Å². The lowest BCUT2D eigenvalue weighted by molar-refractivity contribution is -0.123. The van der Waals surface area contributed by atoms with Gasteiger partial charge in [-0.05, 0) is 73.5 Å². The number of nitrogens with one attached hydrogen (secondary N) is 1. The highest BCUT2D eigenvalue weighted by molar-refractivity contribution is 5.92. The summed E-state index contributed by atoms with van der Waals surface area (Å²) >= 11 is 0. The lowest BCUT2D eigenvalue weighted by Gasteiger charge is -2.10. The molecule has 1 amide bonds. The van der Waals surface area contributed by atoms with Gasteiger partial charge >= 0.3 is 5.97 Å². The summed E-state index contributed by atoms with van der Waals surface area (Å²) in [6.07, 6.45) is 2.35. The third-order valence-corrected chi connectivity index (χ3v) is 4.75. The van der Waals surface area contributed by atoms with E-state index in [2.05, 4.69) is 10.5 Å². The molecular weight excluding hydrogens is 448 g/mol. The van der Waals surface area contributed by atoms with E-state index in [4.69, 9.17) is 18.9 Å². The molecule has 0 radical (unpaired) electrons. The van der Waals surface area contributed by atoms with Gasteiger partial charge in [-0.15, -0.1) is 0 Å². The number of ether oxygens (including phenoxy) is 4. The van der Waals surface area contributed by atoms with Crippen molar-refractivity contribution in [2.45, 2.75) is 20.3 Å². The molecule has 0 aromatic heterocycles. The van der Waals surface area contributed by atoms with Crippen LogP contribution in [0.3, 0.4) is 0 Å². The van der Waals surface area contributed by atoms with E-state index in [-0.39, 0.29) is 12.4 Å². The number of hydrazone groups is 1. The molecule has 0 fully saturated rings. The number of methoxy groups -OCH3 is 1. The van der Waals surface area contributed by atoms with Crippen LogP contribution in [0.2, 0.25) is 0 Å². The third-order valence-electron chi connectivity index (χ3n) is 4.75. The highest BCUT2D eigenvalue weighted by Crippen LogP contribution is 2.28. The summed E-state index contributed by atoms with van der Waals surface area (Å²) in [7, 11) is 1.47. The van der Waals surface area contributed by atoms with E-state index in [0.717, 1.165) is 12.0 Å². The van der Waals surface area contributed by atoms with Crippen molar-refractivity contribution >= 4 is 18.1 Å². The number of aryl methyl sites for hydroxylation is 1. The number of hydrogen-bond acceptors (Lipinski definition) is 7. The van der Waals surface area contributed by atoms with Gasteiger partial charge in [-0.2, -0.15) is 5.10 Å². The molecule has 3 aromatic rings. The Bertz CT molecular complexity index is 1160. The number of amides is 1. The molecule has 1 N–H and O–H groups in total. The molecular formula is C27H28N2O6. The second kappa shape index (κ2) is 12.8. The van der Waals surface area contributed by atoms with Gasteiger partial charge in [0.25, 0.3) is 5.91 Å². The molecule has 0 spiro atoms. The van der Waals surface area contributed by atoms with Gasteiger partial charge in [0.05, 0.1) is 25.5 Å². The predicted molar refractivity (Wildman–Crippen MR) is 133 cm³/mol. The summed E-state index contributed by atoms with van der Waals surface area (Å²) in [5.41, 5.74) is 4.53. The SMILES string of the molecule is CCCOc1ccc(C(=O)Oc2ccc(/C=N\NC(=O)COc3ccc(C)cc3)cc2OC)cc1. The maximum Gasteiger partial charge on any atom is 0.343 e. The van der Waals surface area contributed by atoms with Crippen LogP contribution in [0.4, 0.5) is 0 Å². The number of carbonyl (C=O) groups excluding carboxylic acids is 2. The van der Waals surface area contributed by atoms with E-state index in [1.165, 1.54) is 13.3 Å². The Kier molecular flexibility index (Phi) is 9.24. The van der Waals surface area contributed by atoms with Crippen molar-refractivity contribution < 1.29 is 28.5 Å². The molecule has 0 saturated carbocycles. The van der Waals surface area contributed by atoms with Crippen LogP contribution in [-0.4, -0.2) is 38.4 Å². The molecule has 0 aliphatic carbocycles. The normalized spacial score (nSPS) is 10.6. The first-order chi connectivity index (χ1) is 17.0. The summed E-state index contributed by atoms with van der Waals surface area (Å²) < 4.78 is 21.8. The molecule has 3 aromatic carbocycles. The highest BCUT2D eigenvalue weighted by atomic mass is 16.6. The van der Waals surface area contributed by atoms with Crippen LogP contribution in [0.5, 0.6) is 23.0 Å². The predicted octanol–water partition coefficient (Wildman–Crippen LogP) is 4.54. The van der Waals surface area contributed by atoms with Crippen LogP contribution in [-0.2, 0) is 4.79 Å². The summed E-state index contributed by atoms with van der Waals surface area (Å²) in [6.45, 7) is 4.44. The van der Waals surface area contributed by atoms with E-state index in [1.54, 1.807) is 54.6 Å². The first-order valence-corrected chi connectivity index (χ1v) is 11.1. The van der Waals surface area contributed by atoms with Crippen LogP contribution in [0.15, 0.2) is 71.8 Å². The van der Waals surface area contributed by atoms with Crippen molar-refractivity contribution in [3.05, 3.63) is 83.4 Å². The fraction of sp³-hybridized carbons (Fsp3) is 0.222. The summed E-state index contributed by atoms with van der Waals surface area (Å²) in [5, 5.41) is 3.93. The zero-order valence-electron chi connectivity index (χ0n) is 19.9. The van der Waals surface area contributed by atoms with Gasteiger partial charge in [-0.3, -0.25) is 4.79 Å². The number of carbonyl (C=O) groups is 2. The first-order valence-electron chi connectivity index (χ1n) is 11.1. The maximum atomic E-state index is 12.5. The molecule has 0 heterocycles. The fourth-order valence-corrected chi connectivity index (χ4v) is 2.91. The third kappa shape index (κ3) is 7.89. The summed E-state index contributed by atoms with van der Waals surface area (Å²) in [6, 6.07) is 19.1. The van der Waals surface area contributed by atoms with Crippen molar-refractivity contribution in [2.75, 3.05) is 20.3 Å². The number of benzene rings is 3. The van der Waals surface area contributed by atoms with Gasteiger partial charge in [-0.1, -0.05) is 24.6 Å². The van der Waals surface area contributed by atoms with Crippen LogP contribution < -0.4 is 24.4 Å². The fourth-order valence-electron chi connectivity index (χ4n) is 2.91. The minimum absolute atomic E-state index is 0.162. The molecule has 0 saturated heterocycles. The number of hydrogen-bond donors (Lipinski definition) is 1. The van der Waals surface area contributed by atoms with Crippen LogP contribution >= 0.6 is 0 Å². The average Bonchev–Trinajstić information content (AvgIpc) is 2.88. The van der Waals surface area contributed by atoms with Gasteiger partial charge < -0.3 is 18.9 Å². The molecule has 8 heteroatoms. The molecule has 0 unspecified atom stereocenters. The molecule has 0 atom stereocenters. The lowest BCUT2D eigenvalue weighted by atomic mass is 10.2. The standard InChI is InChI=1S/C27H28N2O6/c1-4-15-33-22-12-8-21(9-13-22)27(31)35-24-14-7-20(16-25(24)32-3)17-28-29-26(30)18-34-23-10-5-19(2)6-11-23/h5-14,16-17H,4,15,18H2,1-3H3,(H,29,30)/b28-17-. The Morgan fingerprint density at radius 1 is 0.914 bits per heavy atom. The van der Waals surface area contributed by atoms with Crippen molar-refractivity contribution in [1.82, 2.24) is 5.43 Å².